The molecular weight excluding hydrogens is 286 g/mol. The van der Waals surface area contributed by atoms with Crippen molar-refractivity contribution in [1.82, 2.24) is 0 Å². The third kappa shape index (κ3) is 2.47. The van der Waals surface area contributed by atoms with Crippen LogP contribution in [0, 0.1) is 6.07 Å². The number of halogens is 3. The quantitative estimate of drug-likeness (QED) is 0.625. The summed E-state index contributed by atoms with van der Waals surface area (Å²) in [6.45, 7) is 0. The monoisotopic (exact) mass is 293 g/mol. The standard InChI is InChI=1S/C15H8ClF2O2/c16-10-4-2-5-11(8-10)19-12-6-1-3-9-7-13(15(17)18)20-14(9)12/h1-3,5-8,15H. The van der Waals surface area contributed by atoms with Crippen LogP contribution in [0.15, 0.2) is 46.9 Å². The molecule has 0 fully saturated rings. The highest BCUT2D eigenvalue weighted by Crippen LogP contribution is 2.35. The van der Waals surface area contributed by atoms with Crippen molar-refractivity contribution in [2.45, 2.75) is 6.43 Å². The van der Waals surface area contributed by atoms with E-state index < -0.39 is 6.43 Å². The maximum atomic E-state index is 12.7. The van der Waals surface area contributed by atoms with Gasteiger partial charge in [0.2, 0.25) is 0 Å². The maximum absolute atomic E-state index is 12.7. The number of furan rings is 1. The lowest BCUT2D eigenvalue weighted by Crippen LogP contribution is -1.84. The van der Waals surface area contributed by atoms with Crippen molar-refractivity contribution in [3.63, 3.8) is 0 Å². The van der Waals surface area contributed by atoms with Gasteiger partial charge in [0.1, 0.15) is 5.75 Å². The SMILES string of the molecule is FC(F)c1cc2cccc(Oc3cc[c]c(Cl)c3)c2o1. The molecule has 2 aromatic carbocycles. The van der Waals surface area contributed by atoms with Gasteiger partial charge in [0.05, 0.1) is 5.02 Å². The van der Waals surface area contributed by atoms with E-state index in [1.807, 2.05) is 0 Å². The molecule has 20 heavy (non-hydrogen) atoms. The van der Waals surface area contributed by atoms with Gasteiger partial charge < -0.3 is 9.15 Å². The second-order valence-corrected chi connectivity index (χ2v) is 4.51. The van der Waals surface area contributed by atoms with Gasteiger partial charge >= 0.3 is 0 Å². The molecule has 0 N–H and O–H groups in total. The fraction of sp³-hybridized carbons (Fsp3) is 0.0667. The first-order valence-electron chi connectivity index (χ1n) is 5.79. The van der Waals surface area contributed by atoms with Crippen molar-refractivity contribution in [2.24, 2.45) is 0 Å². The number of ether oxygens (including phenoxy) is 1. The van der Waals surface area contributed by atoms with Gasteiger partial charge in [-0.2, -0.15) is 0 Å². The summed E-state index contributed by atoms with van der Waals surface area (Å²) in [6, 6.07) is 14.0. The van der Waals surface area contributed by atoms with E-state index in [9.17, 15) is 8.78 Å². The number of alkyl halides is 2. The predicted octanol–water partition coefficient (Wildman–Crippen LogP) is 5.62. The van der Waals surface area contributed by atoms with E-state index in [2.05, 4.69) is 6.07 Å². The summed E-state index contributed by atoms with van der Waals surface area (Å²) in [6.07, 6.45) is -2.66. The third-order valence-corrected chi connectivity index (χ3v) is 2.93. The number of fused-ring (bicyclic) bond motifs is 1. The fourth-order valence-corrected chi connectivity index (χ4v) is 2.02. The first-order valence-corrected chi connectivity index (χ1v) is 6.17. The van der Waals surface area contributed by atoms with Crippen molar-refractivity contribution in [3.05, 3.63) is 59.3 Å². The molecule has 2 nitrogen and oxygen atoms in total. The van der Waals surface area contributed by atoms with Crippen LogP contribution in [-0.4, -0.2) is 0 Å². The van der Waals surface area contributed by atoms with E-state index in [4.69, 9.17) is 20.8 Å². The summed E-state index contributed by atoms with van der Waals surface area (Å²) in [7, 11) is 0. The van der Waals surface area contributed by atoms with Crippen LogP contribution < -0.4 is 4.74 Å². The summed E-state index contributed by atoms with van der Waals surface area (Å²) < 4.78 is 36.1. The van der Waals surface area contributed by atoms with Gasteiger partial charge in [0.15, 0.2) is 17.1 Å². The molecule has 5 heteroatoms. The number of hydrogen-bond acceptors (Lipinski definition) is 2. The fourth-order valence-electron chi connectivity index (χ4n) is 1.85. The predicted molar refractivity (Wildman–Crippen MR) is 71.5 cm³/mol. The Balaban J connectivity index is 2.03. The van der Waals surface area contributed by atoms with Crippen molar-refractivity contribution >= 4 is 22.6 Å². The van der Waals surface area contributed by atoms with E-state index in [0.29, 0.717) is 21.9 Å². The second kappa shape index (κ2) is 5.13. The summed E-state index contributed by atoms with van der Waals surface area (Å²) >= 11 is 5.82. The third-order valence-electron chi connectivity index (χ3n) is 2.71. The molecule has 0 spiro atoms. The Bertz CT molecular complexity index is 752. The Kier molecular flexibility index (Phi) is 3.32. The van der Waals surface area contributed by atoms with E-state index in [0.717, 1.165) is 0 Å². The average molecular weight is 294 g/mol. The normalized spacial score (nSPS) is 11.2. The van der Waals surface area contributed by atoms with Crippen LogP contribution in [-0.2, 0) is 0 Å². The van der Waals surface area contributed by atoms with Crippen LogP contribution in [0.1, 0.15) is 12.2 Å². The molecule has 0 atom stereocenters. The minimum Gasteiger partial charge on any atom is -0.453 e. The van der Waals surface area contributed by atoms with E-state index in [1.165, 1.54) is 6.07 Å². The number of para-hydroxylation sites is 1. The smallest absolute Gasteiger partial charge is 0.295 e. The summed E-state index contributed by atoms with van der Waals surface area (Å²) in [5.74, 6) is 0.461. The molecular formula is C15H8ClF2O2. The van der Waals surface area contributed by atoms with Crippen molar-refractivity contribution < 1.29 is 17.9 Å². The molecule has 1 aromatic heterocycles. The molecule has 3 rings (SSSR count). The average Bonchev–Trinajstić information content (AvgIpc) is 2.84. The Labute approximate surface area is 118 Å². The summed E-state index contributed by atoms with van der Waals surface area (Å²) in [5.41, 5.74) is 0.284. The maximum Gasteiger partial charge on any atom is 0.295 e. The zero-order chi connectivity index (χ0) is 14.1. The Morgan fingerprint density at radius 2 is 2.05 bits per heavy atom. The van der Waals surface area contributed by atoms with Crippen molar-refractivity contribution in [1.29, 1.82) is 0 Å². The molecule has 3 aromatic rings. The number of benzene rings is 2. The van der Waals surface area contributed by atoms with E-state index in [-0.39, 0.29) is 11.3 Å². The van der Waals surface area contributed by atoms with Gasteiger partial charge in [0.25, 0.3) is 6.43 Å². The molecule has 0 aliphatic carbocycles. The lowest BCUT2D eigenvalue weighted by molar-refractivity contribution is 0.124. The minimum absolute atomic E-state index is 0.284. The molecule has 0 aliphatic rings. The van der Waals surface area contributed by atoms with E-state index in [1.54, 1.807) is 36.4 Å². The first kappa shape index (κ1) is 12.9. The molecule has 0 saturated carbocycles. The van der Waals surface area contributed by atoms with Crippen LogP contribution >= 0.6 is 11.6 Å². The second-order valence-electron chi connectivity index (χ2n) is 4.10. The van der Waals surface area contributed by atoms with Gasteiger partial charge in [-0.15, -0.1) is 0 Å². The minimum atomic E-state index is -2.66. The Hall–Kier alpha value is -2.07. The van der Waals surface area contributed by atoms with Gasteiger partial charge in [-0.05, 0) is 24.3 Å². The molecule has 0 unspecified atom stereocenters. The lowest BCUT2D eigenvalue weighted by atomic mass is 10.2. The molecule has 1 heterocycles. The molecule has 1 radical (unpaired) electrons. The van der Waals surface area contributed by atoms with Gasteiger partial charge in [0, 0.05) is 17.5 Å². The van der Waals surface area contributed by atoms with Crippen molar-refractivity contribution in [3.8, 4) is 11.5 Å². The Morgan fingerprint density at radius 3 is 2.80 bits per heavy atom. The number of hydrogen-bond donors (Lipinski definition) is 0. The van der Waals surface area contributed by atoms with Gasteiger partial charge in [-0.3, -0.25) is 0 Å². The largest absolute Gasteiger partial charge is 0.453 e. The van der Waals surface area contributed by atoms with Crippen LogP contribution in [0.4, 0.5) is 8.78 Å². The van der Waals surface area contributed by atoms with Crippen LogP contribution in [0.3, 0.4) is 0 Å². The molecule has 101 valence electrons. The molecule has 0 aliphatic heterocycles. The molecule has 0 saturated heterocycles. The van der Waals surface area contributed by atoms with E-state index >= 15 is 0 Å². The van der Waals surface area contributed by atoms with Gasteiger partial charge in [-0.25, -0.2) is 8.78 Å². The van der Waals surface area contributed by atoms with Crippen LogP contribution in [0.5, 0.6) is 11.5 Å². The number of rotatable bonds is 3. The van der Waals surface area contributed by atoms with Crippen molar-refractivity contribution in [2.75, 3.05) is 0 Å². The highest BCUT2D eigenvalue weighted by molar-refractivity contribution is 6.30. The molecule has 0 amide bonds. The zero-order valence-electron chi connectivity index (χ0n) is 10.1. The van der Waals surface area contributed by atoms with Gasteiger partial charge in [-0.1, -0.05) is 23.7 Å². The highest BCUT2D eigenvalue weighted by atomic mass is 35.5. The summed E-state index contributed by atoms with van der Waals surface area (Å²) in [4.78, 5) is 0. The Morgan fingerprint density at radius 1 is 1.20 bits per heavy atom. The zero-order valence-corrected chi connectivity index (χ0v) is 10.8. The summed E-state index contributed by atoms with van der Waals surface area (Å²) in [5, 5.41) is 0.966. The van der Waals surface area contributed by atoms with Crippen LogP contribution in [0.2, 0.25) is 5.02 Å². The first-order chi connectivity index (χ1) is 9.63. The van der Waals surface area contributed by atoms with Crippen LogP contribution in [0.25, 0.3) is 11.0 Å². The topological polar surface area (TPSA) is 22.4 Å². The highest BCUT2D eigenvalue weighted by Gasteiger charge is 2.16. The lowest BCUT2D eigenvalue weighted by Gasteiger charge is -2.06. The molecule has 0 bridgehead atoms.